The molecule has 3 aromatic carbocycles. The van der Waals surface area contributed by atoms with Crippen LogP contribution in [0.4, 0.5) is 8.78 Å². The van der Waals surface area contributed by atoms with Gasteiger partial charge >= 0.3 is 0 Å². The highest BCUT2D eigenvalue weighted by Gasteiger charge is 2.18. The molecule has 0 aliphatic rings. The highest BCUT2D eigenvalue weighted by molar-refractivity contribution is 6.05. The van der Waals surface area contributed by atoms with Gasteiger partial charge in [0.05, 0.1) is 29.3 Å². The van der Waals surface area contributed by atoms with E-state index < -0.39 is 11.6 Å². The Hall–Kier alpha value is -4.00. The van der Waals surface area contributed by atoms with E-state index in [2.05, 4.69) is 15.5 Å². The SMILES string of the molecule is COc1c(C(=O)NCc2ccccc2)ccc2[nH]nc(C=Cc3ccc(F)c(F)c3)c12. The van der Waals surface area contributed by atoms with E-state index in [1.807, 2.05) is 30.3 Å². The zero-order valence-corrected chi connectivity index (χ0v) is 16.7. The number of amides is 1. The zero-order valence-electron chi connectivity index (χ0n) is 16.7. The van der Waals surface area contributed by atoms with Crippen molar-refractivity contribution in [3.05, 3.63) is 94.7 Å². The zero-order chi connectivity index (χ0) is 21.8. The molecule has 156 valence electrons. The second-order valence-electron chi connectivity index (χ2n) is 6.85. The van der Waals surface area contributed by atoms with E-state index in [9.17, 15) is 13.6 Å². The third-order valence-electron chi connectivity index (χ3n) is 4.83. The first-order valence-corrected chi connectivity index (χ1v) is 9.57. The molecule has 0 unspecified atom stereocenters. The van der Waals surface area contributed by atoms with Gasteiger partial charge in [0, 0.05) is 6.54 Å². The minimum atomic E-state index is -0.927. The molecule has 0 atom stereocenters. The van der Waals surface area contributed by atoms with Crippen molar-refractivity contribution in [3.8, 4) is 5.75 Å². The molecule has 0 saturated carbocycles. The van der Waals surface area contributed by atoms with Crippen molar-refractivity contribution in [3.63, 3.8) is 0 Å². The molecule has 0 saturated heterocycles. The molecule has 2 N–H and O–H groups in total. The monoisotopic (exact) mass is 419 g/mol. The fourth-order valence-electron chi connectivity index (χ4n) is 3.28. The average Bonchev–Trinajstić information content (AvgIpc) is 3.21. The normalized spacial score (nSPS) is 11.2. The van der Waals surface area contributed by atoms with Crippen LogP contribution in [0.3, 0.4) is 0 Å². The highest BCUT2D eigenvalue weighted by Crippen LogP contribution is 2.32. The first kappa shape index (κ1) is 20.3. The largest absolute Gasteiger partial charge is 0.495 e. The number of aromatic amines is 1. The quantitative estimate of drug-likeness (QED) is 0.465. The summed E-state index contributed by atoms with van der Waals surface area (Å²) >= 11 is 0. The molecule has 0 radical (unpaired) electrons. The number of fused-ring (bicyclic) bond motifs is 1. The molecule has 0 spiro atoms. The van der Waals surface area contributed by atoms with Gasteiger partial charge in [-0.3, -0.25) is 9.89 Å². The lowest BCUT2D eigenvalue weighted by Gasteiger charge is -2.11. The first-order valence-electron chi connectivity index (χ1n) is 9.57. The van der Waals surface area contributed by atoms with Crippen LogP contribution >= 0.6 is 0 Å². The van der Waals surface area contributed by atoms with Gasteiger partial charge in [0.15, 0.2) is 11.6 Å². The number of nitrogens with one attached hydrogen (secondary N) is 2. The summed E-state index contributed by atoms with van der Waals surface area (Å²) in [4.78, 5) is 12.8. The molecule has 0 aliphatic carbocycles. The summed E-state index contributed by atoms with van der Waals surface area (Å²) in [6.07, 6.45) is 3.26. The van der Waals surface area contributed by atoms with Gasteiger partial charge in [0.1, 0.15) is 5.75 Å². The van der Waals surface area contributed by atoms with Crippen LogP contribution in [-0.2, 0) is 6.54 Å². The number of aromatic nitrogens is 2. The number of rotatable bonds is 6. The molecule has 4 rings (SSSR count). The molecule has 31 heavy (non-hydrogen) atoms. The van der Waals surface area contributed by atoms with Crippen molar-refractivity contribution < 1.29 is 18.3 Å². The fourth-order valence-corrected chi connectivity index (χ4v) is 3.28. The number of carbonyl (C=O) groups excluding carboxylic acids is 1. The van der Waals surface area contributed by atoms with Gasteiger partial charge in [0.2, 0.25) is 0 Å². The molecule has 0 fully saturated rings. The standard InChI is InChI=1S/C24H19F2N3O2/c1-31-23-17(24(30)27-14-16-5-3-2-4-6-16)9-12-21-22(23)20(28-29-21)11-8-15-7-10-18(25)19(26)13-15/h2-13H,14H2,1H3,(H,27,30)(H,28,29). The minimum Gasteiger partial charge on any atom is -0.495 e. The summed E-state index contributed by atoms with van der Waals surface area (Å²) in [5.41, 5.74) is 3.02. The van der Waals surface area contributed by atoms with Crippen molar-refractivity contribution in [1.82, 2.24) is 15.5 Å². The van der Waals surface area contributed by atoms with Crippen molar-refractivity contribution in [2.75, 3.05) is 7.11 Å². The number of hydrogen-bond donors (Lipinski definition) is 2. The number of carbonyl (C=O) groups is 1. The number of H-pyrrole nitrogens is 1. The van der Waals surface area contributed by atoms with Gasteiger partial charge in [-0.05, 0) is 41.5 Å². The van der Waals surface area contributed by atoms with Crippen LogP contribution in [0.25, 0.3) is 23.1 Å². The molecule has 4 aromatic rings. The third-order valence-corrected chi connectivity index (χ3v) is 4.83. The Labute approximate surface area is 177 Å². The molecule has 1 aromatic heterocycles. The van der Waals surface area contributed by atoms with Crippen LogP contribution in [0.5, 0.6) is 5.75 Å². The van der Waals surface area contributed by atoms with Crippen LogP contribution in [-0.4, -0.2) is 23.2 Å². The summed E-state index contributed by atoms with van der Waals surface area (Å²) in [7, 11) is 1.48. The van der Waals surface area contributed by atoms with E-state index in [4.69, 9.17) is 4.74 Å². The Morgan fingerprint density at radius 2 is 1.87 bits per heavy atom. The summed E-state index contributed by atoms with van der Waals surface area (Å²) in [5, 5.41) is 10.7. The summed E-state index contributed by atoms with van der Waals surface area (Å²) < 4.78 is 32.2. The Morgan fingerprint density at radius 1 is 1.06 bits per heavy atom. The number of methoxy groups -OCH3 is 1. The number of halogens is 2. The maximum atomic E-state index is 13.5. The van der Waals surface area contributed by atoms with E-state index in [-0.39, 0.29) is 5.91 Å². The molecule has 1 amide bonds. The molecular weight excluding hydrogens is 400 g/mol. The predicted octanol–water partition coefficient (Wildman–Crippen LogP) is 4.95. The van der Waals surface area contributed by atoms with Gasteiger partial charge in [0.25, 0.3) is 5.91 Å². The highest BCUT2D eigenvalue weighted by atomic mass is 19.2. The van der Waals surface area contributed by atoms with Crippen molar-refractivity contribution >= 4 is 29.0 Å². The van der Waals surface area contributed by atoms with E-state index in [0.717, 1.165) is 17.7 Å². The van der Waals surface area contributed by atoms with Crippen molar-refractivity contribution in [2.24, 2.45) is 0 Å². The maximum absolute atomic E-state index is 13.5. The van der Waals surface area contributed by atoms with Gasteiger partial charge in [-0.15, -0.1) is 0 Å². The topological polar surface area (TPSA) is 67.0 Å². The molecule has 0 aliphatic heterocycles. The maximum Gasteiger partial charge on any atom is 0.255 e. The first-order chi connectivity index (χ1) is 15.1. The third kappa shape index (κ3) is 4.30. The van der Waals surface area contributed by atoms with E-state index in [0.29, 0.717) is 40.0 Å². The summed E-state index contributed by atoms with van der Waals surface area (Å²) in [6.45, 7) is 0.384. The van der Waals surface area contributed by atoms with Crippen molar-refractivity contribution in [2.45, 2.75) is 6.54 Å². The Bertz CT molecular complexity index is 1270. The second-order valence-corrected chi connectivity index (χ2v) is 6.85. The molecule has 5 nitrogen and oxygen atoms in total. The molecule has 1 heterocycles. The predicted molar refractivity (Wildman–Crippen MR) is 116 cm³/mol. The van der Waals surface area contributed by atoms with Crippen LogP contribution < -0.4 is 10.1 Å². The van der Waals surface area contributed by atoms with Gasteiger partial charge < -0.3 is 10.1 Å². The fraction of sp³-hybridized carbons (Fsp3) is 0.0833. The Kier molecular flexibility index (Phi) is 5.75. The van der Waals surface area contributed by atoms with Gasteiger partial charge in [-0.25, -0.2) is 8.78 Å². The molecular formula is C24H19F2N3O2. The Balaban J connectivity index is 1.65. The van der Waals surface area contributed by atoms with E-state index >= 15 is 0 Å². The summed E-state index contributed by atoms with van der Waals surface area (Å²) in [6, 6.07) is 16.6. The number of hydrogen-bond acceptors (Lipinski definition) is 3. The van der Waals surface area contributed by atoms with Gasteiger partial charge in [-0.2, -0.15) is 5.10 Å². The average molecular weight is 419 g/mol. The van der Waals surface area contributed by atoms with E-state index in [1.54, 1.807) is 24.3 Å². The van der Waals surface area contributed by atoms with Crippen LogP contribution in [0, 0.1) is 11.6 Å². The minimum absolute atomic E-state index is 0.278. The van der Waals surface area contributed by atoms with Crippen LogP contribution in [0.15, 0.2) is 60.7 Å². The van der Waals surface area contributed by atoms with Gasteiger partial charge in [-0.1, -0.05) is 42.5 Å². The lowest BCUT2D eigenvalue weighted by Crippen LogP contribution is -2.23. The van der Waals surface area contributed by atoms with Crippen LogP contribution in [0.2, 0.25) is 0 Å². The second kappa shape index (κ2) is 8.79. The number of nitrogens with zero attached hydrogens (tertiary/aromatic N) is 1. The summed E-state index contributed by atoms with van der Waals surface area (Å²) in [5.74, 6) is -1.74. The van der Waals surface area contributed by atoms with Crippen molar-refractivity contribution in [1.29, 1.82) is 0 Å². The van der Waals surface area contributed by atoms with Crippen LogP contribution in [0.1, 0.15) is 27.2 Å². The Morgan fingerprint density at radius 3 is 2.61 bits per heavy atom. The lowest BCUT2D eigenvalue weighted by atomic mass is 10.1. The molecule has 7 heteroatoms. The molecule has 0 bridgehead atoms. The lowest BCUT2D eigenvalue weighted by molar-refractivity contribution is 0.0948. The number of ether oxygens (including phenoxy) is 1. The van der Waals surface area contributed by atoms with E-state index in [1.165, 1.54) is 13.2 Å². The smallest absolute Gasteiger partial charge is 0.255 e. The number of benzene rings is 3.